The molecule has 0 radical (unpaired) electrons. The fourth-order valence-electron chi connectivity index (χ4n) is 2.08. The maximum atomic E-state index is 13.8. The second-order valence-electron chi connectivity index (χ2n) is 4.50. The molecule has 2 aromatic rings. The van der Waals surface area contributed by atoms with Gasteiger partial charge in [0.05, 0.1) is 22.7 Å². The Morgan fingerprint density at radius 2 is 2.15 bits per heavy atom. The van der Waals surface area contributed by atoms with Crippen molar-refractivity contribution in [3.8, 4) is 0 Å². The largest absolute Gasteiger partial charge is 0.294 e. The SMILES string of the molecule is CCc1cc(CC(=O)c2cccc(Cl)c2F)n(CC)n1. The van der Waals surface area contributed by atoms with Crippen LogP contribution in [0.15, 0.2) is 24.3 Å². The second-order valence-corrected chi connectivity index (χ2v) is 4.90. The average molecular weight is 295 g/mol. The first-order valence-electron chi connectivity index (χ1n) is 6.59. The van der Waals surface area contributed by atoms with Gasteiger partial charge < -0.3 is 0 Å². The van der Waals surface area contributed by atoms with Gasteiger partial charge in [0.15, 0.2) is 11.6 Å². The first-order valence-corrected chi connectivity index (χ1v) is 6.97. The van der Waals surface area contributed by atoms with Crippen molar-refractivity contribution in [2.75, 3.05) is 0 Å². The number of hydrogen-bond donors (Lipinski definition) is 0. The highest BCUT2D eigenvalue weighted by molar-refractivity contribution is 6.31. The zero-order valence-corrected chi connectivity index (χ0v) is 12.2. The van der Waals surface area contributed by atoms with Gasteiger partial charge in [-0.25, -0.2) is 4.39 Å². The van der Waals surface area contributed by atoms with Gasteiger partial charge in [-0.2, -0.15) is 5.10 Å². The van der Waals surface area contributed by atoms with Gasteiger partial charge in [0.2, 0.25) is 0 Å². The Labute approximate surface area is 122 Å². The molecule has 0 N–H and O–H groups in total. The molecule has 0 saturated carbocycles. The molecular formula is C15H16ClFN2O. The van der Waals surface area contributed by atoms with Crippen LogP contribution in [0.1, 0.15) is 35.6 Å². The van der Waals surface area contributed by atoms with E-state index >= 15 is 0 Å². The summed E-state index contributed by atoms with van der Waals surface area (Å²) in [6.45, 7) is 4.64. The number of nitrogens with zero attached hydrogens (tertiary/aromatic N) is 2. The summed E-state index contributed by atoms with van der Waals surface area (Å²) in [6, 6.07) is 6.35. The summed E-state index contributed by atoms with van der Waals surface area (Å²) in [5.41, 5.74) is 1.76. The quantitative estimate of drug-likeness (QED) is 0.788. The van der Waals surface area contributed by atoms with Gasteiger partial charge in [-0.1, -0.05) is 24.6 Å². The number of halogens is 2. The molecule has 0 spiro atoms. The van der Waals surface area contributed by atoms with Crippen molar-refractivity contribution in [2.24, 2.45) is 0 Å². The van der Waals surface area contributed by atoms with Crippen LogP contribution in [-0.2, 0) is 19.4 Å². The number of carbonyl (C=O) groups excluding carboxylic acids is 1. The molecule has 0 saturated heterocycles. The number of aryl methyl sites for hydroxylation is 2. The van der Waals surface area contributed by atoms with E-state index in [1.165, 1.54) is 12.1 Å². The van der Waals surface area contributed by atoms with Crippen molar-refractivity contribution < 1.29 is 9.18 Å². The molecule has 1 aromatic carbocycles. The van der Waals surface area contributed by atoms with E-state index in [-0.39, 0.29) is 22.8 Å². The van der Waals surface area contributed by atoms with Gasteiger partial charge in [-0.05, 0) is 31.5 Å². The van der Waals surface area contributed by atoms with E-state index in [0.717, 1.165) is 17.8 Å². The monoisotopic (exact) mass is 294 g/mol. The van der Waals surface area contributed by atoms with Gasteiger partial charge in [-0.15, -0.1) is 0 Å². The minimum atomic E-state index is -0.655. The van der Waals surface area contributed by atoms with E-state index in [1.807, 2.05) is 19.9 Å². The van der Waals surface area contributed by atoms with E-state index in [2.05, 4.69) is 5.10 Å². The topological polar surface area (TPSA) is 34.9 Å². The van der Waals surface area contributed by atoms with Crippen LogP contribution in [0.2, 0.25) is 5.02 Å². The Bertz CT molecular complexity index is 637. The van der Waals surface area contributed by atoms with Crippen molar-refractivity contribution in [3.63, 3.8) is 0 Å². The van der Waals surface area contributed by atoms with Gasteiger partial charge in [0, 0.05) is 12.2 Å². The summed E-state index contributed by atoms with van der Waals surface area (Å²) in [4.78, 5) is 12.2. The predicted molar refractivity (Wildman–Crippen MR) is 76.7 cm³/mol. The third-order valence-corrected chi connectivity index (χ3v) is 3.46. The van der Waals surface area contributed by atoms with E-state index < -0.39 is 5.82 Å². The van der Waals surface area contributed by atoms with E-state index in [4.69, 9.17) is 11.6 Å². The van der Waals surface area contributed by atoms with Crippen LogP contribution in [-0.4, -0.2) is 15.6 Å². The molecule has 3 nitrogen and oxygen atoms in total. The number of rotatable bonds is 5. The molecule has 0 aliphatic carbocycles. The Balaban J connectivity index is 2.27. The first-order chi connectivity index (χ1) is 9.56. The maximum absolute atomic E-state index is 13.8. The third kappa shape index (κ3) is 2.90. The van der Waals surface area contributed by atoms with Crippen LogP contribution >= 0.6 is 11.6 Å². The van der Waals surface area contributed by atoms with Gasteiger partial charge in [0.25, 0.3) is 0 Å². The van der Waals surface area contributed by atoms with Gasteiger partial charge in [-0.3, -0.25) is 9.48 Å². The zero-order chi connectivity index (χ0) is 14.7. The molecule has 0 atom stereocenters. The molecule has 0 unspecified atom stereocenters. The number of aromatic nitrogens is 2. The summed E-state index contributed by atoms with van der Waals surface area (Å²) in [7, 11) is 0. The smallest absolute Gasteiger partial charge is 0.171 e. The lowest BCUT2D eigenvalue weighted by atomic mass is 10.1. The molecule has 0 fully saturated rings. The lowest BCUT2D eigenvalue weighted by Crippen LogP contribution is -2.11. The number of carbonyl (C=O) groups is 1. The fraction of sp³-hybridized carbons (Fsp3) is 0.333. The Hall–Kier alpha value is -1.68. The van der Waals surface area contributed by atoms with Gasteiger partial charge in [0.1, 0.15) is 0 Å². The Morgan fingerprint density at radius 1 is 1.40 bits per heavy atom. The molecule has 0 aliphatic heterocycles. The van der Waals surface area contributed by atoms with Crippen LogP contribution in [0, 0.1) is 5.82 Å². The van der Waals surface area contributed by atoms with Crippen LogP contribution in [0.4, 0.5) is 4.39 Å². The number of Topliss-reactive ketones (excluding diaryl/α,β-unsaturated/α-hetero) is 1. The molecule has 0 bridgehead atoms. The molecule has 2 rings (SSSR count). The molecule has 20 heavy (non-hydrogen) atoms. The van der Waals surface area contributed by atoms with Crippen LogP contribution in [0.5, 0.6) is 0 Å². The summed E-state index contributed by atoms with van der Waals surface area (Å²) in [5.74, 6) is -0.945. The third-order valence-electron chi connectivity index (χ3n) is 3.17. The highest BCUT2D eigenvalue weighted by Crippen LogP contribution is 2.20. The summed E-state index contributed by atoms with van der Waals surface area (Å²) in [5, 5.41) is 4.35. The molecule has 106 valence electrons. The Morgan fingerprint density at radius 3 is 2.80 bits per heavy atom. The maximum Gasteiger partial charge on any atom is 0.171 e. The molecule has 5 heteroatoms. The normalized spacial score (nSPS) is 10.8. The summed E-state index contributed by atoms with van der Waals surface area (Å²) < 4.78 is 15.6. The van der Waals surface area contributed by atoms with Crippen LogP contribution in [0.25, 0.3) is 0 Å². The predicted octanol–water partition coefficient (Wildman–Crippen LogP) is 3.68. The number of benzene rings is 1. The lowest BCUT2D eigenvalue weighted by Gasteiger charge is -2.05. The van der Waals surface area contributed by atoms with Crippen molar-refractivity contribution in [1.29, 1.82) is 0 Å². The minimum absolute atomic E-state index is 0.0272. The van der Waals surface area contributed by atoms with Crippen molar-refractivity contribution in [2.45, 2.75) is 33.2 Å². The molecule has 0 amide bonds. The van der Waals surface area contributed by atoms with Crippen LogP contribution in [0.3, 0.4) is 0 Å². The second kappa shape index (κ2) is 6.18. The number of ketones is 1. The molecule has 1 heterocycles. The average Bonchev–Trinajstić information content (AvgIpc) is 2.84. The summed E-state index contributed by atoms with van der Waals surface area (Å²) in [6.07, 6.45) is 0.928. The molecule has 0 aliphatic rings. The standard InChI is InChI=1S/C15H16ClFN2O/c1-3-10-8-11(19(4-2)18-10)9-14(20)12-6-5-7-13(16)15(12)17/h5-8H,3-4,9H2,1-2H3. The number of hydrogen-bond acceptors (Lipinski definition) is 2. The van der Waals surface area contributed by atoms with Crippen LogP contribution < -0.4 is 0 Å². The van der Waals surface area contributed by atoms with Gasteiger partial charge >= 0.3 is 0 Å². The minimum Gasteiger partial charge on any atom is -0.294 e. The summed E-state index contributed by atoms with van der Waals surface area (Å²) >= 11 is 5.70. The van der Waals surface area contributed by atoms with E-state index in [9.17, 15) is 9.18 Å². The van der Waals surface area contributed by atoms with Crippen molar-refractivity contribution in [3.05, 3.63) is 52.1 Å². The molecular weight excluding hydrogens is 279 g/mol. The van der Waals surface area contributed by atoms with Crippen molar-refractivity contribution in [1.82, 2.24) is 9.78 Å². The zero-order valence-electron chi connectivity index (χ0n) is 11.5. The Kier molecular flexibility index (Phi) is 4.55. The molecule has 1 aromatic heterocycles. The van der Waals surface area contributed by atoms with E-state index in [1.54, 1.807) is 10.7 Å². The fourth-order valence-corrected chi connectivity index (χ4v) is 2.26. The van der Waals surface area contributed by atoms with Crippen molar-refractivity contribution >= 4 is 17.4 Å². The van der Waals surface area contributed by atoms with E-state index in [0.29, 0.717) is 6.54 Å². The highest BCUT2D eigenvalue weighted by atomic mass is 35.5. The lowest BCUT2D eigenvalue weighted by molar-refractivity contribution is 0.0986. The highest BCUT2D eigenvalue weighted by Gasteiger charge is 2.17. The first kappa shape index (κ1) is 14.7.